The Bertz CT molecular complexity index is 553. The Morgan fingerprint density at radius 2 is 2.00 bits per heavy atom. The van der Waals surface area contributed by atoms with Gasteiger partial charge in [0.05, 0.1) is 17.2 Å². The molecule has 1 N–H and O–H groups in total. The Kier molecular flexibility index (Phi) is 3.03. The van der Waals surface area contributed by atoms with Crippen LogP contribution in [0.15, 0.2) is 18.2 Å². The van der Waals surface area contributed by atoms with Crippen LogP contribution in [0.4, 0.5) is 18.9 Å². The Labute approximate surface area is 115 Å². The van der Waals surface area contributed by atoms with Crippen molar-refractivity contribution in [2.45, 2.75) is 38.3 Å². The largest absolute Gasteiger partial charge is 0.418 e. The fourth-order valence-corrected chi connectivity index (χ4v) is 3.64. The van der Waals surface area contributed by atoms with Gasteiger partial charge in [-0.3, -0.25) is 4.79 Å². The highest BCUT2D eigenvalue weighted by atomic mass is 19.4. The Morgan fingerprint density at radius 3 is 2.60 bits per heavy atom. The molecule has 0 bridgehead atoms. The molecule has 3 rings (SSSR count). The Morgan fingerprint density at radius 1 is 1.25 bits per heavy atom. The van der Waals surface area contributed by atoms with Gasteiger partial charge in [-0.1, -0.05) is 31.9 Å². The van der Waals surface area contributed by atoms with Crippen LogP contribution in [-0.2, 0) is 11.0 Å². The van der Waals surface area contributed by atoms with E-state index in [9.17, 15) is 18.0 Å². The summed E-state index contributed by atoms with van der Waals surface area (Å²) in [7, 11) is 0. The van der Waals surface area contributed by atoms with Crippen LogP contribution in [0.2, 0.25) is 0 Å². The molecule has 2 nitrogen and oxygen atoms in total. The molecule has 0 spiro atoms. The van der Waals surface area contributed by atoms with Crippen LogP contribution >= 0.6 is 0 Å². The van der Waals surface area contributed by atoms with Crippen molar-refractivity contribution in [1.29, 1.82) is 0 Å². The number of nitrogens with one attached hydrogen (secondary N) is 1. The maximum absolute atomic E-state index is 13.0. The minimum Gasteiger partial charge on any atom is -0.325 e. The highest BCUT2D eigenvalue weighted by molar-refractivity contribution is 6.04. The zero-order chi connectivity index (χ0) is 14.5. The summed E-state index contributed by atoms with van der Waals surface area (Å²) in [6.45, 7) is 2.08. The lowest BCUT2D eigenvalue weighted by atomic mass is 9.81. The Hall–Kier alpha value is -1.52. The summed E-state index contributed by atoms with van der Waals surface area (Å²) in [6, 6.07) is 4.08. The van der Waals surface area contributed by atoms with E-state index in [4.69, 9.17) is 0 Å². The smallest absolute Gasteiger partial charge is 0.325 e. The minimum absolute atomic E-state index is 0.0332. The van der Waals surface area contributed by atoms with Crippen LogP contribution < -0.4 is 5.32 Å². The van der Waals surface area contributed by atoms with Crippen molar-refractivity contribution in [3.63, 3.8) is 0 Å². The predicted octanol–water partition coefficient (Wildman–Crippen LogP) is 4.18. The van der Waals surface area contributed by atoms with Crippen LogP contribution in [0.25, 0.3) is 0 Å². The molecule has 5 heteroatoms. The van der Waals surface area contributed by atoms with Gasteiger partial charge in [-0.25, -0.2) is 0 Å². The summed E-state index contributed by atoms with van der Waals surface area (Å²) in [5.74, 6) is -0.175. The van der Waals surface area contributed by atoms with Crippen molar-refractivity contribution in [3.8, 4) is 0 Å². The SMILES string of the molecule is CC1CCCC1C1C(=O)Nc2c1cccc2C(F)(F)F. The average molecular weight is 283 g/mol. The molecule has 1 amide bonds. The first-order valence-corrected chi connectivity index (χ1v) is 6.90. The fourth-order valence-electron chi connectivity index (χ4n) is 3.64. The summed E-state index contributed by atoms with van der Waals surface area (Å²) in [6.07, 6.45) is -1.43. The molecule has 1 saturated carbocycles. The zero-order valence-electron chi connectivity index (χ0n) is 11.1. The minimum atomic E-state index is -4.44. The summed E-state index contributed by atoms with van der Waals surface area (Å²) < 4.78 is 39.0. The maximum atomic E-state index is 13.0. The summed E-state index contributed by atoms with van der Waals surface area (Å²) >= 11 is 0. The van der Waals surface area contributed by atoms with Gasteiger partial charge in [0.1, 0.15) is 0 Å². The van der Waals surface area contributed by atoms with Crippen molar-refractivity contribution in [2.75, 3.05) is 5.32 Å². The molecule has 1 fully saturated rings. The van der Waals surface area contributed by atoms with Crippen molar-refractivity contribution >= 4 is 11.6 Å². The van der Waals surface area contributed by atoms with Gasteiger partial charge in [0.25, 0.3) is 0 Å². The molecule has 0 radical (unpaired) electrons. The third kappa shape index (κ3) is 2.00. The molecule has 3 unspecified atom stereocenters. The number of alkyl halides is 3. The van der Waals surface area contributed by atoms with Crippen LogP contribution in [0, 0.1) is 11.8 Å². The number of benzene rings is 1. The van der Waals surface area contributed by atoms with Gasteiger partial charge in [0.15, 0.2) is 0 Å². The average Bonchev–Trinajstić information content (AvgIpc) is 2.89. The van der Waals surface area contributed by atoms with Gasteiger partial charge < -0.3 is 5.32 Å². The third-order valence-corrected chi connectivity index (χ3v) is 4.62. The fraction of sp³-hybridized carbons (Fsp3) is 0.533. The molecule has 1 aromatic rings. The maximum Gasteiger partial charge on any atom is 0.418 e. The first-order chi connectivity index (χ1) is 9.39. The number of hydrogen-bond acceptors (Lipinski definition) is 1. The number of fused-ring (bicyclic) bond motifs is 1. The van der Waals surface area contributed by atoms with E-state index < -0.39 is 17.7 Å². The highest BCUT2D eigenvalue weighted by Gasteiger charge is 2.45. The van der Waals surface area contributed by atoms with Crippen LogP contribution in [0.1, 0.15) is 43.2 Å². The molecule has 20 heavy (non-hydrogen) atoms. The van der Waals surface area contributed by atoms with Gasteiger partial charge in [0, 0.05) is 0 Å². The molecule has 108 valence electrons. The van der Waals surface area contributed by atoms with Crippen molar-refractivity contribution < 1.29 is 18.0 Å². The number of anilines is 1. The van der Waals surface area contributed by atoms with Crippen molar-refractivity contribution in [1.82, 2.24) is 0 Å². The van der Waals surface area contributed by atoms with E-state index in [1.54, 1.807) is 6.07 Å². The van der Waals surface area contributed by atoms with Crippen molar-refractivity contribution in [3.05, 3.63) is 29.3 Å². The van der Waals surface area contributed by atoms with E-state index in [-0.39, 0.29) is 17.5 Å². The second-order valence-corrected chi connectivity index (χ2v) is 5.81. The van der Waals surface area contributed by atoms with Crippen molar-refractivity contribution in [2.24, 2.45) is 11.8 Å². The van der Waals surface area contributed by atoms with E-state index in [1.165, 1.54) is 6.07 Å². The molecular formula is C15H16F3NO. The molecule has 1 aliphatic heterocycles. The second kappa shape index (κ2) is 4.50. The van der Waals surface area contributed by atoms with E-state index in [2.05, 4.69) is 12.2 Å². The van der Waals surface area contributed by atoms with Gasteiger partial charge >= 0.3 is 6.18 Å². The first-order valence-electron chi connectivity index (χ1n) is 6.90. The molecule has 0 saturated heterocycles. The second-order valence-electron chi connectivity index (χ2n) is 5.81. The molecule has 3 atom stereocenters. The lowest BCUT2D eigenvalue weighted by molar-refractivity contribution is -0.136. The lowest BCUT2D eigenvalue weighted by Gasteiger charge is -2.21. The monoisotopic (exact) mass is 283 g/mol. The van der Waals surface area contributed by atoms with E-state index >= 15 is 0 Å². The van der Waals surface area contributed by atoms with E-state index in [0.29, 0.717) is 11.5 Å². The number of amides is 1. The van der Waals surface area contributed by atoms with Crippen LogP contribution in [-0.4, -0.2) is 5.91 Å². The molecule has 1 aliphatic carbocycles. The van der Waals surface area contributed by atoms with E-state index in [0.717, 1.165) is 25.3 Å². The summed E-state index contributed by atoms with van der Waals surface area (Å²) in [5.41, 5.74) is -0.255. The molecule has 1 aromatic carbocycles. The summed E-state index contributed by atoms with van der Waals surface area (Å²) in [4.78, 5) is 12.2. The molecule has 2 aliphatic rings. The Balaban J connectivity index is 2.05. The summed E-state index contributed by atoms with van der Waals surface area (Å²) in [5, 5.41) is 2.46. The van der Waals surface area contributed by atoms with Crippen LogP contribution in [0.5, 0.6) is 0 Å². The zero-order valence-corrected chi connectivity index (χ0v) is 11.1. The quantitative estimate of drug-likeness (QED) is 0.823. The van der Waals surface area contributed by atoms with Gasteiger partial charge in [-0.05, 0) is 29.9 Å². The number of rotatable bonds is 1. The van der Waals surface area contributed by atoms with Gasteiger partial charge in [0.2, 0.25) is 5.91 Å². The molecule has 1 heterocycles. The molecular weight excluding hydrogens is 267 g/mol. The number of carbonyl (C=O) groups is 1. The number of para-hydroxylation sites is 1. The van der Waals surface area contributed by atoms with Crippen LogP contribution in [0.3, 0.4) is 0 Å². The highest BCUT2D eigenvalue weighted by Crippen LogP contribution is 2.49. The number of carbonyl (C=O) groups excluding carboxylic acids is 1. The normalized spacial score (nSPS) is 29.4. The number of hydrogen-bond donors (Lipinski definition) is 1. The number of halogens is 3. The topological polar surface area (TPSA) is 29.1 Å². The van der Waals surface area contributed by atoms with E-state index in [1.807, 2.05) is 0 Å². The third-order valence-electron chi connectivity index (χ3n) is 4.62. The predicted molar refractivity (Wildman–Crippen MR) is 69.3 cm³/mol. The van der Waals surface area contributed by atoms with Gasteiger partial charge in [-0.15, -0.1) is 0 Å². The van der Waals surface area contributed by atoms with Gasteiger partial charge in [-0.2, -0.15) is 13.2 Å². The standard InChI is InChI=1S/C15H16F3NO/c1-8-4-2-5-9(8)12-10-6-3-7-11(15(16,17)18)13(10)19-14(12)20/h3,6-9,12H,2,4-5H2,1H3,(H,19,20). The molecule has 0 aromatic heterocycles. The first kappa shape index (κ1) is 13.5. The lowest BCUT2D eigenvalue weighted by Crippen LogP contribution is -2.22.